The number of phenolic OH excluding ortho intramolecular Hbond substituents is 1. The van der Waals surface area contributed by atoms with Crippen LogP contribution in [-0.2, 0) is 9.53 Å². The maximum atomic E-state index is 12.2. The minimum Gasteiger partial charge on any atom is -0.505 e. The molecule has 1 amide bonds. The van der Waals surface area contributed by atoms with Crippen molar-refractivity contribution < 1.29 is 19.4 Å². The molecule has 0 spiro atoms. The maximum absolute atomic E-state index is 12.2. The van der Waals surface area contributed by atoms with E-state index in [9.17, 15) is 14.7 Å². The largest absolute Gasteiger partial charge is 0.505 e. The van der Waals surface area contributed by atoms with Crippen molar-refractivity contribution in [2.24, 2.45) is 5.92 Å². The van der Waals surface area contributed by atoms with E-state index < -0.39 is 0 Å². The molecule has 1 aromatic rings. The first-order chi connectivity index (χ1) is 13.3. The van der Waals surface area contributed by atoms with Crippen molar-refractivity contribution in [1.82, 2.24) is 10.2 Å². The molecule has 0 aliphatic heterocycles. The molecule has 1 aliphatic carbocycles. The van der Waals surface area contributed by atoms with Crippen molar-refractivity contribution in [1.29, 1.82) is 0 Å². The van der Waals surface area contributed by atoms with E-state index in [0.29, 0.717) is 30.3 Å². The van der Waals surface area contributed by atoms with E-state index in [1.54, 1.807) is 39.4 Å². The van der Waals surface area contributed by atoms with Gasteiger partial charge in [-0.05, 0) is 30.5 Å². The lowest BCUT2D eigenvalue weighted by Crippen LogP contribution is -2.33. The van der Waals surface area contributed by atoms with Gasteiger partial charge < -0.3 is 25.4 Å². The Labute approximate surface area is 166 Å². The lowest BCUT2D eigenvalue weighted by molar-refractivity contribution is -0.116. The topological polar surface area (TPSA) is 90.9 Å². The molecule has 152 valence electrons. The summed E-state index contributed by atoms with van der Waals surface area (Å²) in [7, 11) is 4.85. The van der Waals surface area contributed by atoms with Gasteiger partial charge in [0.2, 0.25) is 0 Å². The SMILES string of the molecule is CCC(C)/C=C(/CNC1=C(Nc2cccc(C(=O)N(C)C)c2O)C(=O)C1)OC. The molecule has 0 heterocycles. The van der Waals surface area contributed by atoms with Crippen LogP contribution in [0.2, 0.25) is 0 Å². The number of carbonyl (C=O) groups is 2. The number of Topliss-reactive ketones (excluding diaryl/α,β-unsaturated/α-hetero) is 1. The normalized spacial score (nSPS) is 15.0. The average Bonchev–Trinajstić information content (AvgIpc) is 2.68. The first-order valence-corrected chi connectivity index (χ1v) is 9.34. The molecule has 0 saturated heterocycles. The van der Waals surface area contributed by atoms with Gasteiger partial charge in [-0.3, -0.25) is 9.59 Å². The molecular formula is C21H29N3O4. The van der Waals surface area contributed by atoms with Crippen molar-refractivity contribution in [3.63, 3.8) is 0 Å². The van der Waals surface area contributed by atoms with Crippen LogP contribution in [0.5, 0.6) is 5.75 Å². The number of aromatic hydroxyl groups is 1. The molecule has 28 heavy (non-hydrogen) atoms. The Morgan fingerprint density at radius 1 is 1.39 bits per heavy atom. The maximum Gasteiger partial charge on any atom is 0.257 e. The van der Waals surface area contributed by atoms with Crippen LogP contribution in [0.4, 0.5) is 5.69 Å². The Morgan fingerprint density at radius 2 is 2.11 bits per heavy atom. The molecule has 1 aliphatic rings. The van der Waals surface area contributed by atoms with Crippen LogP contribution in [-0.4, -0.2) is 49.4 Å². The number of rotatable bonds is 9. The van der Waals surface area contributed by atoms with Crippen LogP contribution in [0.25, 0.3) is 0 Å². The lowest BCUT2D eigenvalue weighted by Gasteiger charge is -2.26. The number of ketones is 1. The number of hydrogen-bond acceptors (Lipinski definition) is 6. The molecule has 2 rings (SSSR count). The number of hydrogen-bond donors (Lipinski definition) is 3. The number of ether oxygens (including phenoxy) is 1. The molecule has 1 aromatic carbocycles. The first kappa shape index (κ1) is 21.3. The van der Waals surface area contributed by atoms with Gasteiger partial charge in [0.25, 0.3) is 5.91 Å². The smallest absolute Gasteiger partial charge is 0.257 e. The monoisotopic (exact) mass is 387 g/mol. The van der Waals surface area contributed by atoms with Crippen LogP contribution in [0.1, 0.15) is 37.0 Å². The van der Waals surface area contributed by atoms with Crippen molar-refractivity contribution in [2.45, 2.75) is 26.7 Å². The molecule has 1 unspecified atom stereocenters. The Kier molecular flexibility index (Phi) is 7.09. The van der Waals surface area contributed by atoms with Crippen molar-refractivity contribution >= 4 is 17.4 Å². The van der Waals surface area contributed by atoms with Crippen LogP contribution >= 0.6 is 0 Å². The summed E-state index contributed by atoms with van der Waals surface area (Å²) in [5.41, 5.74) is 1.64. The van der Waals surface area contributed by atoms with Crippen LogP contribution in [0, 0.1) is 5.92 Å². The molecule has 1 atom stereocenters. The molecule has 0 saturated carbocycles. The Balaban J connectivity index is 2.16. The van der Waals surface area contributed by atoms with Crippen molar-refractivity contribution in [2.75, 3.05) is 33.1 Å². The summed E-state index contributed by atoms with van der Waals surface area (Å²) in [6.45, 7) is 4.70. The number of carbonyl (C=O) groups excluding carboxylic acids is 2. The number of methoxy groups -OCH3 is 1. The summed E-state index contributed by atoms with van der Waals surface area (Å²) in [6, 6.07) is 4.83. The highest BCUT2D eigenvalue weighted by Crippen LogP contribution is 2.32. The van der Waals surface area contributed by atoms with E-state index in [1.807, 2.05) is 0 Å². The summed E-state index contributed by atoms with van der Waals surface area (Å²) >= 11 is 0. The van der Waals surface area contributed by atoms with Crippen LogP contribution in [0.3, 0.4) is 0 Å². The molecule has 0 aromatic heterocycles. The van der Waals surface area contributed by atoms with Crippen molar-refractivity contribution in [3.05, 3.63) is 47.0 Å². The number of anilines is 1. The molecule has 0 bridgehead atoms. The second-order valence-corrected chi connectivity index (χ2v) is 7.06. The van der Waals surface area contributed by atoms with Gasteiger partial charge in [-0.25, -0.2) is 0 Å². The number of nitrogens with one attached hydrogen (secondary N) is 2. The highest BCUT2D eigenvalue weighted by atomic mass is 16.5. The minimum absolute atomic E-state index is 0.0592. The summed E-state index contributed by atoms with van der Waals surface area (Å²) < 4.78 is 5.39. The molecule has 7 heteroatoms. The van der Waals surface area contributed by atoms with Gasteiger partial charge in [-0.1, -0.05) is 19.9 Å². The van der Waals surface area contributed by atoms with Gasteiger partial charge >= 0.3 is 0 Å². The number of para-hydroxylation sites is 1. The van der Waals surface area contributed by atoms with Crippen LogP contribution in [0.15, 0.2) is 41.4 Å². The van der Waals surface area contributed by atoms with Gasteiger partial charge in [0, 0.05) is 19.8 Å². The van der Waals surface area contributed by atoms with E-state index >= 15 is 0 Å². The second-order valence-electron chi connectivity index (χ2n) is 7.06. The van der Waals surface area contributed by atoms with E-state index in [-0.39, 0.29) is 23.0 Å². The molecular weight excluding hydrogens is 358 g/mol. The van der Waals surface area contributed by atoms with Gasteiger partial charge in [0.1, 0.15) is 11.5 Å². The Bertz CT molecular complexity index is 812. The predicted octanol–water partition coefficient (Wildman–Crippen LogP) is 2.86. The number of phenols is 1. The zero-order chi connectivity index (χ0) is 20.8. The lowest BCUT2D eigenvalue weighted by atomic mass is 9.98. The van der Waals surface area contributed by atoms with E-state index in [2.05, 4.69) is 30.6 Å². The Morgan fingerprint density at radius 3 is 2.68 bits per heavy atom. The summed E-state index contributed by atoms with van der Waals surface area (Å²) in [6.07, 6.45) is 3.37. The third-order valence-corrected chi connectivity index (χ3v) is 4.70. The number of amides is 1. The standard InChI is InChI=1S/C21H29N3O4/c1-6-13(2)10-14(28-5)12-22-17-11-18(25)19(17)23-16-9-7-8-15(20(16)26)21(27)24(3)4/h7-10,13,22-23,26H,6,11-12H2,1-5H3/b14-10-. The molecule has 0 fully saturated rings. The number of allylic oxidation sites excluding steroid dienone is 3. The average molecular weight is 387 g/mol. The third kappa shape index (κ3) is 4.85. The highest BCUT2D eigenvalue weighted by Gasteiger charge is 2.28. The molecule has 3 N–H and O–H groups in total. The van der Waals surface area contributed by atoms with Gasteiger partial charge in [0.15, 0.2) is 11.5 Å². The number of nitrogens with zero attached hydrogens (tertiary/aromatic N) is 1. The first-order valence-electron chi connectivity index (χ1n) is 9.34. The second kappa shape index (κ2) is 9.30. The third-order valence-electron chi connectivity index (χ3n) is 4.70. The van der Waals surface area contributed by atoms with Gasteiger partial charge in [-0.2, -0.15) is 0 Å². The zero-order valence-corrected chi connectivity index (χ0v) is 17.1. The fourth-order valence-corrected chi connectivity index (χ4v) is 2.72. The van der Waals surface area contributed by atoms with Crippen molar-refractivity contribution in [3.8, 4) is 5.75 Å². The zero-order valence-electron chi connectivity index (χ0n) is 17.1. The number of benzene rings is 1. The fraction of sp³-hybridized carbons (Fsp3) is 0.429. The van der Waals surface area contributed by atoms with Gasteiger partial charge in [0.05, 0.1) is 31.3 Å². The predicted molar refractivity (Wildman–Crippen MR) is 109 cm³/mol. The summed E-state index contributed by atoms with van der Waals surface area (Å²) in [4.78, 5) is 25.6. The minimum atomic E-state index is -0.312. The Hall–Kier alpha value is -2.96. The van der Waals surface area contributed by atoms with E-state index in [4.69, 9.17) is 4.74 Å². The van der Waals surface area contributed by atoms with Gasteiger partial charge in [-0.15, -0.1) is 0 Å². The van der Waals surface area contributed by atoms with Crippen LogP contribution < -0.4 is 10.6 Å². The van der Waals surface area contributed by atoms with E-state index in [1.165, 1.54) is 4.90 Å². The quantitative estimate of drug-likeness (QED) is 0.446. The fourth-order valence-electron chi connectivity index (χ4n) is 2.72. The highest BCUT2D eigenvalue weighted by molar-refractivity contribution is 6.07. The molecule has 0 radical (unpaired) electrons. The molecule has 7 nitrogen and oxygen atoms in total. The van der Waals surface area contributed by atoms with E-state index in [0.717, 1.165) is 17.9 Å². The summed E-state index contributed by atoms with van der Waals surface area (Å²) in [5.74, 6) is 0.661. The summed E-state index contributed by atoms with van der Waals surface area (Å²) in [5, 5.41) is 16.6.